The number of rotatable bonds is 10. The second kappa shape index (κ2) is 9.75. The van der Waals surface area contributed by atoms with Crippen LogP contribution in [0.25, 0.3) is 0 Å². The smallest absolute Gasteiger partial charge is 0.390 e. The van der Waals surface area contributed by atoms with Gasteiger partial charge in [-0.05, 0) is 0 Å². The molecule has 0 aliphatic heterocycles. The molecule has 172 valence electrons. The van der Waals surface area contributed by atoms with E-state index in [-0.39, 0.29) is 0 Å². The van der Waals surface area contributed by atoms with Crippen molar-refractivity contribution >= 4 is 88.7 Å². The molecule has 0 saturated heterocycles. The second-order valence-electron chi connectivity index (χ2n) is 4.67. The highest BCUT2D eigenvalue weighted by atomic mass is 35.5. The van der Waals surface area contributed by atoms with Crippen molar-refractivity contribution in [3.05, 3.63) is 0 Å². The van der Waals surface area contributed by atoms with Crippen LogP contribution in [0.3, 0.4) is 0 Å². The SMILES string of the molecule is COP(=O)(OC)C(Cl)(Cl)P(=O)(OC(C)=O)OP(=O)(O)C(Cl)(Cl)P(=O)(O)OC(C)=O. The van der Waals surface area contributed by atoms with Gasteiger partial charge in [0.05, 0.1) is 0 Å². The van der Waals surface area contributed by atoms with E-state index < -0.39 is 50.0 Å². The van der Waals surface area contributed by atoms with Gasteiger partial charge in [-0.25, -0.2) is 13.4 Å². The second-order valence-corrected chi connectivity index (χ2v) is 18.6. The minimum atomic E-state index is -6.14. The summed E-state index contributed by atoms with van der Waals surface area (Å²) in [6, 6.07) is 0. The van der Waals surface area contributed by atoms with Crippen molar-refractivity contribution in [1.82, 2.24) is 0 Å². The fourth-order valence-electron chi connectivity index (χ4n) is 1.32. The maximum absolute atomic E-state index is 13.0. The summed E-state index contributed by atoms with van der Waals surface area (Å²) in [5, 5.41) is 0. The molecule has 13 nitrogen and oxygen atoms in total. The maximum atomic E-state index is 13.0. The van der Waals surface area contributed by atoms with Crippen molar-refractivity contribution in [2.24, 2.45) is 0 Å². The van der Waals surface area contributed by atoms with Gasteiger partial charge in [0.2, 0.25) is 0 Å². The summed E-state index contributed by atoms with van der Waals surface area (Å²) in [6.07, 6.45) is 0. The Kier molecular flexibility index (Phi) is 10.0. The van der Waals surface area contributed by atoms with Gasteiger partial charge in [0.15, 0.2) is 0 Å². The number of carbonyl (C=O) groups excluding carboxylic acids is 2. The average molecular weight is 584 g/mol. The third-order valence-corrected chi connectivity index (χ3v) is 17.0. The van der Waals surface area contributed by atoms with Crippen molar-refractivity contribution in [3.8, 4) is 0 Å². The van der Waals surface area contributed by atoms with Crippen LogP contribution in [0, 0.1) is 0 Å². The highest BCUT2D eigenvalue weighted by molar-refractivity contribution is 7.87. The maximum Gasteiger partial charge on any atom is 0.437 e. The van der Waals surface area contributed by atoms with Gasteiger partial charge in [-0.1, -0.05) is 46.4 Å². The quantitative estimate of drug-likeness (QED) is 0.273. The van der Waals surface area contributed by atoms with Crippen molar-refractivity contribution < 1.29 is 60.0 Å². The summed E-state index contributed by atoms with van der Waals surface area (Å²) >= 11 is 22.2. The predicted octanol–water partition coefficient (Wildman–Crippen LogP) is 4.36. The van der Waals surface area contributed by atoms with Crippen molar-refractivity contribution in [2.45, 2.75) is 21.5 Å². The van der Waals surface area contributed by atoms with Gasteiger partial charge >= 0.3 is 50.0 Å². The van der Waals surface area contributed by atoms with E-state index in [0.29, 0.717) is 28.1 Å². The molecule has 0 amide bonds. The lowest BCUT2D eigenvalue weighted by molar-refractivity contribution is -0.133. The van der Waals surface area contributed by atoms with Crippen LogP contribution in [0.2, 0.25) is 0 Å². The Balaban J connectivity index is 6.59. The Morgan fingerprint density at radius 2 is 1.10 bits per heavy atom. The summed E-state index contributed by atoms with van der Waals surface area (Å²) in [7, 11) is -21.2. The van der Waals surface area contributed by atoms with Crippen molar-refractivity contribution in [3.63, 3.8) is 0 Å². The van der Waals surface area contributed by atoms with Crippen LogP contribution >= 0.6 is 76.8 Å². The molecule has 0 bridgehead atoms. The number of halogens is 4. The molecule has 0 saturated carbocycles. The monoisotopic (exact) mass is 582 g/mol. The fourth-order valence-corrected chi connectivity index (χ4v) is 11.1. The summed E-state index contributed by atoms with van der Waals surface area (Å²) < 4.78 is 63.9. The molecule has 0 aromatic carbocycles. The average Bonchev–Trinajstić information content (AvgIpc) is 2.50. The van der Waals surface area contributed by atoms with Gasteiger partial charge in [0.25, 0.3) is 0 Å². The van der Waals surface area contributed by atoms with E-state index in [1.165, 1.54) is 0 Å². The predicted molar refractivity (Wildman–Crippen MR) is 102 cm³/mol. The zero-order valence-electron chi connectivity index (χ0n) is 14.7. The van der Waals surface area contributed by atoms with Gasteiger partial charge in [0, 0.05) is 28.1 Å². The van der Waals surface area contributed by atoms with E-state index in [0.717, 1.165) is 0 Å². The first kappa shape index (κ1) is 29.8. The van der Waals surface area contributed by atoms with Crippen LogP contribution in [-0.4, -0.2) is 43.6 Å². The summed E-state index contributed by atoms with van der Waals surface area (Å²) in [6.45, 7) is 1.23. The molecule has 0 aromatic heterocycles. The van der Waals surface area contributed by atoms with Crippen molar-refractivity contribution in [1.29, 1.82) is 0 Å². The summed E-state index contributed by atoms with van der Waals surface area (Å²) in [4.78, 5) is 41.9. The molecule has 0 spiro atoms. The normalized spacial score (nSPS) is 19.4. The Morgan fingerprint density at radius 3 is 1.41 bits per heavy atom. The summed E-state index contributed by atoms with van der Waals surface area (Å²) in [5.41, 5.74) is 0. The van der Waals surface area contributed by atoms with E-state index >= 15 is 0 Å². The molecule has 0 aliphatic rings. The van der Waals surface area contributed by atoms with E-state index in [1.54, 1.807) is 0 Å². The first-order valence-electron chi connectivity index (χ1n) is 6.51. The lowest BCUT2D eigenvalue weighted by atomic mass is 10.9. The van der Waals surface area contributed by atoms with Gasteiger partial charge in [-0.15, -0.1) is 0 Å². The molecule has 0 radical (unpaired) electrons. The highest BCUT2D eigenvalue weighted by Gasteiger charge is 2.72. The van der Waals surface area contributed by atoms with Gasteiger partial charge in [-0.3, -0.25) is 18.7 Å². The standard InChI is InChI=1S/C8H14Cl4O13P4/c1-5(13)23-26(15,16)7(9,10)27(17,18)25-29(20,24-6(2)14)8(11,12)28(19,21-3)22-4/h1-4H3,(H,15,16)(H,17,18). The van der Waals surface area contributed by atoms with Crippen LogP contribution in [0.5, 0.6) is 0 Å². The van der Waals surface area contributed by atoms with Crippen LogP contribution in [-0.2, 0) is 50.3 Å². The lowest BCUT2D eigenvalue weighted by Gasteiger charge is -2.34. The Morgan fingerprint density at radius 1 is 0.724 bits per heavy atom. The van der Waals surface area contributed by atoms with E-state index in [1.807, 2.05) is 0 Å². The third kappa shape index (κ3) is 5.99. The summed E-state index contributed by atoms with van der Waals surface area (Å²) in [5.74, 6) is -2.96. The molecule has 2 N–H and O–H groups in total. The van der Waals surface area contributed by atoms with Crippen molar-refractivity contribution in [2.75, 3.05) is 14.2 Å². The highest BCUT2D eigenvalue weighted by Crippen LogP contribution is 2.88. The minimum absolute atomic E-state index is 0.608. The van der Waals surface area contributed by atoms with Crippen LogP contribution in [0.4, 0.5) is 0 Å². The first-order chi connectivity index (χ1) is 12.7. The molecule has 0 fully saturated rings. The number of alkyl halides is 4. The molecule has 29 heavy (non-hydrogen) atoms. The van der Waals surface area contributed by atoms with Crippen LogP contribution in [0.15, 0.2) is 0 Å². The molecule has 0 rings (SSSR count). The molecule has 3 atom stereocenters. The molecule has 0 aromatic rings. The Hall–Kier alpha value is 0.820. The molecule has 21 heteroatoms. The number of hydrogen-bond donors (Lipinski definition) is 2. The van der Waals surface area contributed by atoms with Crippen LogP contribution in [0.1, 0.15) is 13.8 Å². The molecular formula is C8H14Cl4O13P4. The zero-order valence-corrected chi connectivity index (χ0v) is 21.3. The molecule has 0 heterocycles. The number of hydrogen-bond acceptors (Lipinski definition) is 11. The zero-order chi connectivity index (χ0) is 23.7. The first-order valence-corrected chi connectivity index (χ1v) is 14.3. The van der Waals surface area contributed by atoms with E-state index in [2.05, 4.69) is 22.4 Å². The third-order valence-electron chi connectivity index (χ3n) is 2.54. The van der Waals surface area contributed by atoms with E-state index in [4.69, 9.17) is 46.4 Å². The Bertz CT molecular complexity index is 848. The molecular weight excluding hydrogens is 570 g/mol. The number of carbonyl (C=O) groups is 2. The Labute approximate surface area is 184 Å². The largest absolute Gasteiger partial charge is 0.437 e. The van der Waals surface area contributed by atoms with E-state index in [9.17, 15) is 37.6 Å². The van der Waals surface area contributed by atoms with Gasteiger partial charge in [0.1, 0.15) is 0 Å². The topological polar surface area (TPSA) is 189 Å². The minimum Gasteiger partial charge on any atom is -0.390 e. The lowest BCUT2D eigenvalue weighted by Crippen LogP contribution is -2.24. The molecule has 3 unspecified atom stereocenters. The molecule has 0 aliphatic carbocycles. The van der Waals surface area contributed by atoms with Gasteiger partial charge in [-0.2, -0.15) is 0 Å². The van der Waals surface area contributed by atoms with Crippen LogP contribution < -0.4 is 0 Å². The fraction of sp³-hybridized carbons (Fsp3) is 0.750. The van der Waals surface area contributed by atoms with Gasteiger partial charge < -0.3 is 27.9 Å².